The van der Waals surface area contributed by atoms with E-state index in [-0.39, 0.29) is 0 Å². The summed E-state index contributed by atoms with van der Waals surface area (Å²) in [6.45, 7) is 0.808. The summed E-state index contributed by atoms with van der Waals surface area (Å²) < 4.78 is 4.75. The Bertz CT molecular complexity index is 2760. The predicted octanol–water partition coefficient (Wildman–Crippen LogP) is 10.1. The third-order valence-corrected chi connectivity index (χ3v) is 9.53. The van der Waals surface area contributed by atoms with Crippen LogP contribution in [0, 0.1) is 0 Å². The van der Waals surface area contributed by atoms with Crippen LogP contribution < -0.4 is 5.32 Å². The van der Waals surface area contributed by atoms with E-state index >= 15 is 0 Å². The van der Waals surface area contributed by atoms with Gasteiger partial charge in [0, 0.05) is 50.3 Å². The number of aromatic nitrogens is 4. The molecule has 1 N–H and O–H groups in total. The summed E-state index contributed by atoms with van der Waals surface area (Å²) in [5.74, 6) is 1.80. The first kappa shape index (κ1) is 26.7. The second kappa shape index (κ2) is 10.5. The number of nitrogens with one attached hydrogen (secondary N) is 1. The lowest BCUT2D eigenvalue weighted by Gasteiger charge is -2.16. The highest BCUT2D eigenvalue weighted by atomic mass is 15.1. The fourth-order valence-electron chi connectivity index (χ4n) is 7.35. The van der Waals surface area contributed by atoms with Crippen LogP contribution in [0.2, 0.25) is 0 Å². The average Bonchev–Trinajstić information content (AvgIpc) is 3.66. The van der Waals surface area contributed by atoms with Crippen molar-refractivity contribution in [1.29, 1.82) is 0 Å². The zero-order valence-corrected chi connectivity index (χ0v) is 26.0. The lowest BCUT2D eigenvalue weighted by molar-refractivity contribution is 0.922. The monoisotopic (exact) mass is 615 g/mol. The molecule has 9 aromatic rings. The molecule has 0 aliphatic carbocycles. The largest absolute Gasteiger partial charge is 0.368 e. The summed E-state index contributed by atoms with van der Waals surface area (Å²) in [5, 5.41) is 9.61. The molecule has 0 saturated heterocycles. The van der Waals surface area contributed by atoms with E-state index < -0.39 is 0 Å². The molecule has 0 fully saturated rings. The van der Waals surface area contributed by atoms with Crippen molar-refractivity contribution in [2.45, 2.75) is 0 Å². The summed E-state index contributed by atoms with van der Waals surface area (Å²) in [5.41, 5.74) is 9.75. The number of dihydropyridines is 1. The molecule has 5 nitrogen and oxygen atoms in total. The van der Waals surface area contributed by atoms with Gasteiger partial charge < -0.3 is 9.88 Å². The van der Waals surface area contributed by atoms with E-state index in [9.17, 15) is 0 Å². The molecule has 3 aromatic heterocycles. The number of hydrogen-bond donors (Lipinski definition) is 1. The third-order valence-electron chi connectivity index (χ3n) is 9.53. The lowest BCUT2D eigenvalue weighted by atomic mass is 10.1. The Morgan fingerprint density at radius 2 is 1.15 bits per heavy atom. The van der Waals surface area contributed by atoms with Gasteiger partial charge in [-0.2, -0.15) is 0 Å². The summed E-state index contributed by atoms with van der Waals surface area (Å²) in [6.07, 6.45) is 6.43. The van der Waals surface area contributed by atoms with E-state index in [1.165, 1.54) is 43.6 Å². The van der Waals surface area contributed by atoms with E-state index in [2.05, 4.69) is 154 Å². The Morgan fingerprint density at radius 1 is 0.500 bits per heavy atom. The summed E-state index contributed by atoms with van der Waals surface area (Å²) in [7, 11) is 0. The van der Waals surface area contributed by atoms with Crippen LogP contribution in [0.25, 0.3) is 88.7 Å². The molecule has 0 amide bonds. The van der Waals surface area contributed by atoms with Crippen molar-refractivity contribution < 1.29 is 0 Å². The molecule has 0 atom stereocenters. The first-order chi connectivity index (χ1) is 23.8. The zero-order valence-electron chi connectivity index (χ0n) is 26.0. The van der Waals surface area contributed by atoms with Gasteiger partial charge in [-0.15, -0.1) is 0 Å². The Hall–Kier alpha value is -6.46. The van der Waals surface area contributed by atoms with Crippen LogP contribution in [0.4, 0.5) is 0 Å². The maximum Gasteiger partial charge on any atom is 0.160 e. The third kappa shape index (κ3) is 4.04. The molecule has 1 aliphatic heterocycles. The van der Waals surface area contributed by atoms with Gasteiger partial charge >= 0.3 is 0 Å². The molecular formula is C43H29N5. The van der Waals surface area contributed by atoms with Gasteiger partial charge in [0.2, 0.25) is 0 Å². The highest BCUT2D eigenvalue weighted by Crippen LogP contribution is 2.39. The van der Waals surface area contributed by atoms with E-state index in [0.717, 1.165) is 51.6 Å². The van der Waals surface area contributed by atoms with Crippen molar-refractivity contribution in [2.75, 3.05) is 6.54 Å². The molecule has 10 rings (SSSR count). The maximum absolute atomic E-state index is 5.11. The lowest BCUT2D eigenvalue weighted by Crippen LogP contribution is -2.19. The second-order valence-electron chi connectivity index (χ2n) is 12.3. The van der Waals surface area contributed by atoms with Crippen LogP contribution in [0.1, 0.15) is 0 Å². The van der Waals surface area contributed by atoms with Crippen molar-refractivity contribution in [1.82, 2.24) is 24.4 Å². The number of nitrogens with zero attached hydrogens (tertiary/aromatic N) is 4. The molecule has 0 bridgehead atoms. The zero-order chi connectivity index (χ0) is 31.6. The van der Waals surface area contributed by atoms with Crippen LogP contribution in [0.5, 0.6) is 0 Å². The molecule has 6 aromatic carbocycles. The average molecular weight is 616 g/mol. The summed E-state index contributed by atoms with van der Waals surface area (Å²) >= 11 is 0. The Balaban J connectivity index is 1.18. The summed E-state index contributed by atoms with van der Waals surface area (Å²) in [4.78, 5) is 10.1. The normalized spacial score (nSPS) is 13.1. The number of allylic oxidation sites excluding steroid dienone is 2. The number of para-hydroxylation sites is 3. The molecule has 0 unspecified atom stereocenters. The first-order valence-electron chi connectivity index (χ1n) is 16.3. The minimum atomic E-state index is 0.717. The van der Waals surface area contributed by atoms with E-state index in [4.69, 9.17) is 9.97 Å². The molecule has 0 spiro atoms. The first-order valence-corrected chi connectivity index (χ1v) is 16.3. The van der Waals surface area contributed by atoms with Crippen molar-refractivity contribution >= 4 is 60.3 Å². The molecule has 5 heteroatoms. The number of hydrogen-bond acceptors (Lipinski definition) is 3. The van der Waals surface area contributed by atoms with Gasteiger partial charge in [0.1, 0.15) is 5.82 Å². The molecule has 0 radical (unpaired) electrons. The fourth-order valence-corrected chi connectivity index (χ4v) is 7.35. The smallest absolute Gasteiger partial charge is 0.160 e. The molecule has 4 heterocycles. The standard InChI is InChI=1S/C43H29N5/c1-2-12-28(13-3-1)42-33-16-4-7-17-36(33)45-43(46-42)29-21-23-30(24-22-29)47-37-18-8-5-14-31(37)34-26-35-32-15-6-9-19-38(32)48(40(35)27-39(34)47)41-20-10-11-25-44-41/h1-24,26-27,44H,25H2. The maximum atomic E-state index is 5.11. The van der Waals surface area contributed by atoms with Gasteiger partial charge in [-0.25, -0.2) is 9.97 Å². The SMILES string of the molecule is C1=CCNC(n2c3ccccc3c3cc4c5ccccc5n(-c5ccc(-c6nc(-c7ccccc7)c7ccccc7n6)cc5)c4cc32)=C1. The van der Waals surface area contributed by atoms with Crippen LogP contribution in [0.3, 0.4) is 0 Å². The Labute approximate surface area is 276 Å². The van der Waals surface area contributed by atoms with Gasteiger partial charge in [-0.3, -0.25) is 4.57 Å². The molecule has 226 valence electrons. The van der Waals surface area contributed by atoms with Crippen molar-refractivity contribution in [3.8, 4) is 28.3 Å². The van der Waals surface area contributed by atoms with Crippen LogP contribution in [-0.4, -0.2) is 25.6 Å². The quantitative estimate of drug-likeness (QED) is 0.214. The van der Waals surface area contributed by atoms with Gasteiger partial charge in [-0.05, 0) is 60.7 Å². The second-order valence-corrected chi connectivity index (χ2v) is 12.3. The van der Waals surface area contributed by atoms with Crippen LogP contribution >= 0.6 is 0 Å². The van der Waals surface area contributed by atoms with Gasteiger partial charge in [0.15, 0.2) is 5.82 Å². The van der Waals surface area contributed by atoms with Gasteiger partial charge in [-0.1, -0.05) is 97.1 Å². The highest BCUT2D eigenvalue weighted by Gasteiger charge is 2.19. The number of fused-ring (bicyclic) bond motifs is 7. The van der Waals surface area contributed by atoms with Crippen molar-refractivity contribution in [3.05, 3.63) is 158 Å². The Morgan fingerprint density at radius 3 is 1.88 bits per heavy atom. The van der Waals surface area contributed by atoms with E-state index in [1.54, 1.807) is 0 Å². The minimum absolute atomic E-state index is 0.717. The summed E-state index contributed by atoms with van der Waals surface area (Å²) in [6, 6.07) is 49.4. The van der Waals surface area contributed by atoms with E-state index in [1.807, 2.05) is 18.2 Å². The molecule has 1 aliphatic rings. The van der Waals surface area contributed by atoms with Crippen LogP contribution in [-0.2, 0) is 0 Å². The van der Waals surface area contributed by atoms with Crippen molar-refractivity contribution in [3.63, 3.8) is 0 Å². The van der Waals surface area contributed by atoms with E-state index in [0.29, 0.717) is 0 Å². The fraction of sp³-hybridized carbons (Fsp3) is 0.0233. The minimum Gasteiger partial charge on any atom is -0.368 e. The number of benzene rings is 6. The number of rotatable bonds is 4. The van der Waals surface area contributed by atoms with Crippen molar-refractivity contribution in [2.24, 2.45) is 0 Å². The topological polar surface area (TPSA) is 47.7 Å². The van der Waals surface area contributed by atoms with Gasteiger partial charge in [0.25, 0.3) is 0 Å². The van der Waals surface area contributed by atoms with Crippen LogP contribution in [0.15, 0.2) is 158 Å². The van der Waals surface area contributed by atoms with Gasteiger partial charge in [0.05, 0.1) is 33.3 Å². The molecule has 48 heavy (non-hydrogen) atoms. The predicted molar refractivity (Wildman–Crippen MR) is 199 cm³/mol. The molecule has 0 saturated carbocycles. The highest BCUT2D eigenvalue weighted by molar-refractivity contribution is 6.19. The Kier molecular flexibility index (Phi) is 5.87. The molecular weight excluding hydrogens is 587 g/mol.